The van der Waals surface area contributed by atoms with Gasteiger partial charge in [-0.05, 0) is 30.4 Å². The maximum Gasteiger partial charge on any atom is 0.0839 e. The molecule has 1 aromatic rings. The summed E-state index contributed by atoms with van der Waals surface area (Å²) in [6, 6.07) is 8.65. The molecule has 0 N–H and O–H groups in total. The van der Waals surface area contributed by atoms with E-state index in [-0.39, 0.29) is 6.10 Å². The van der Waals surface area contributed by atoms with Crippen molar-refractivity contribution in [2.75, 3.05) is 0 Å². The number of fused-ring (bicyclic) bond motifs is 1. The van der Waals surface area contributed by atoms with Gasteiger partial charge in [-0.1, -0.05) is 48.6 Å². The largest absolute Gasteiger partial charge is 0.366 e. The Balaban J connectivity index is 1.73. The highest BCUT2D eigenvalue weighted by molar-refractivity contribution is 5.33. The van der Waals surface area contributed by atoms with E-state index in [9.17, 15) is 0 Å². The molecule has 2 atom stereocenters. The normalized spacial score (nSPS) is 27.0. The number of rotatable bonds is 2. The summed E-state index contributed by atoms with van der Waals surface area (Å²) in [5.41, 5.74) is 2.85. The number of benzene rings is 1. The van der Waals surface area contributed by atoms with Crippen LogP contribution >= 0.6 is 0 Å². The fraction of sp³-hybridized carbons (Fsp3) is 0.333. The molecule has 0 radical (unpaired) electrons. The van der Waals surface area contributed by atoms with Crippen molar-refractivity contribution in [2.24, 2.45) is 0 Å². The topological polar surface area (TPSA) is 9.23 Å². The molecule has 82 valence electrons. The molecule has 2 aliphatic carbocycles. The predicted octanol–water partition coefficient (Wildman–Crippen LogP) is 3.58. The molecule has 1 heteroatoms. The minimum Gasteiger partial charge on any atom is -0.366 e. The summed E-state index contributed by atoms with van der Waals surface area (Å²) < 4.78 is 6.14. The van der Waals surface area contributed by atoms with Gasteiger partial charge < -0.3 is 4.74 Å². The lowest BCUT2D eigenvalue weighted by Crippen LogP contribution is -2.13. The van der Waals surface area contributed by atoms with Gasteiger partial charge in [-0.15, -0.1) is 0 Å². The van der Waals surface area contributed by atoms with Crippen LogP contribution in [0.2, 0.25) is 0 Å². The Labute approximate surface area is 96.4 Å². The first-order valence-electron chi connectivity index (χ1n) is 6.00. The van der Waals surface area contributed by atoms with Gasteiger partial charge >= 0.3 is 0 Å². The van der Waals surface area contributed by atoms with Gasteiger partial charge in [0, 0.05) is 0 Å². The minimum absolute atomic E-state index is 0.265. The molecule has 0 spiro atoms. The van der Waals surface area contributed by atoms with E-state index in [2.05, 4.69) is 48.6 Å². The molecule has 0 aliphatic heterocycles. The highest BCUT2D eigenvalue weighted by Gasteiger charge is 2.24. The standard InChI is InChI=1S/C15H16O/c1-2-7-13(8-3-1)16-15-11-10-12-6-4-5-9-14(12)15/h1-7,9,13,15H,8,10-11H2. The van der Waals surface area contributed by atoms with E-state index < -0.39 is 0 Å². The van der Waals surface area contributed by atoms with Crippen LogP contribution in [0.15, 0.2) is 48.6 Å². The molecule has 2 aliphatic rings. The summed E-state index contributed by atoms with van der Waals surface area (Å²) in [5, 5.41) is 0. The van der Waals surface area contributed by atoms with Gasteiger partial charge in [0.15, 0.2) is 0 Å². The van der Waals surface area contributed by atoms with Crippen molar-refractivity contribution in [3.8, 4) is 0 Å². The van der Waals surface area contributed by atoms with Crippen molar-refractivity contribution < 1.29 is 4.74 Å². The summed E-state index contributed by atoms with van der Waals surface area (Å²) in [5.74, 6) is 0. The zero-order valence-electron chi connectivity index (χ0n) is 9.30. The van der Waals surface area contributed by atoms with Crippen molar-refractivity contribution >= 4 is 0 Å². The van der Waals surface area contributed by atoms with Crippen LogP contribution in [0.5, 0.6) is 0 Å². The molecule has 16 heavy (non-hydrogen) atoms. The van der Waals surface area contributed by atoms with Crippen LogP contribution in [0.4, 0.5) is 0 Å². The third kappa shape index (κ3) is 1.83. The van der Waals surface area contributed by atoms with Crippen molar-refractivity contribution in [1.82, 2.24) is 0 Å². The van der Waals surface area contributed by atoms with Crippen LogP contribution in [0.3, 0.4) is 0 Å². The molecule has 3 rings (SSSR count). The molecule has 0 aromatic heterocycles. The van der Waals surface area contributed by atoms with Gasteiger partial charge in [-0.3, -0.25) is 0 Å². The second-order valence-electron chi connectivity index (χ2n) is 4.45. The number of ether oxygens (including phenoxy) is 1. The van der Waals surface area contributed by atoms with Crippen molar-refractivity contribution in [2.45, 2.75) is 31.5 Å². The molecule has 0 saturated carbocycles. The van der Waals surface area contributed by atoms with E-state index in [1.165, 1.54) is 11.1 Å². The van der Waals surface area contributed by atoms with Crippen LogP contribution in [0.1, 0.15) is 30.1 Å². The number of hydrogen-bond donors (Lipinski definition) is 0. The second kappa shape index (κ2) is 4.26. The van der Waals surface area contributed by atoms with Gasteiger partial charge in [0.05, 0.1) is 12.2 Å². The summed E-state index contributed by atoms with van der Waals surface area (Å²) in [4.78, 5) is 0. The highest BCUT2D eigenvalue weighted by Crippen LogP contribution is 2.35. The molecule has 0 bridgehead atoms. The van der Waals surface area contributed by atoms with Gasteiger partial charge in [-0.2, -0.15) is 0 Å². The Morgan fingerprint density at radius 3 is 2.94 bits per heavy atom. The highest BCUT2D eigenvalue weighted by atomic mass is 16.5. The molecule has 1 aromatic carbocycles. The van der Waals surface area contributed by atoms with Gasteiger partial charge in [-0.25, -0.2) is 0 Å². The maximum absolute atomic E-state index is 6.14. The van der Waals surface area contributed by atoms with E-state index in [4.69, 9.17) is 4.74 Å². The Bertz CT molecular complexity index is 431. The third-order valence-electron chi connectivity index (χ3n) is 3.36. The molecular formula is C15H16O. The fourth-order valence-electron chi connectivity index (χ4n) is 2.53. The van der Waals surface area contributed by atoms with Gasteiger partial charge in [0.1, 0.15) is 0 Å². The number of hydrogen-bond acceptors (Lipinski definition) is 1. The van der Waals surface area contributed by atoms with Crippen LogP contribution < -0.4 is 0 Å². The first-order chi connectivity index (χ1) is 7.93. The lowest BCUT2D eigenvalue weighted by Gasteiger charge is -2.20. The summed E-state index contributed by atoms with van der Waals surface area (Å²) in [6.45, 7) is 0. The first-order valence-corrected chi connectivity index (χ1v) is 6.00. The molecule has 2 unspecified atom stereocenters. The lowest BCUT2D eigenvalue weighted by molar-refractivity contribution is 0.0144. The number of allylic oxidation sites excluding steroid dienone is 2. The summed E-state index contributed by atoms with van der Waals surface area (Å²) in [6.07, 6.45) is 12.4. The Hall–Kier alpha value is -1.34. The number of aryl methyl sites for hydroxylation is 1. The smallest absolute Gasteiger partial charge is 0.0839 e. The molecule has 0 saturated heterocycles. The Morgan fingerprint density at radius 1 is 1.12 bits per heavy atom. The lowest BCUT2D eigenvalue weighted by atomic mass is 10.1. The van der Waals surface area contributed by atoms with E-state index in [1.54, 1.807) is 0 Å². The summed E-state index contributed by atoms with van der Waals surface area (Å²) >= 11 is 0. The summed E-state index contributed by atoms with van der Waals surface area (Å²) in [7, 11) is 0. The van der Waals surface area contributed by atoms with Gasteiger partial charge in [0.2, 0.25) is 0 Å². The van der Waals surface area contributed by atoms with Crippen LogP contribution in [0, 0.1) is 0 Å². The van der Waals surface area contributed by atoms with E-state index >= 15 is 0 Å². The van der Waals surface area contributed by atoms with Crippen molar-refractivity contribution in [1.29, 1.82) is 0 Å². The average Bonchev–Trinajstić information content (AvgIpc) is 2.74. The monoisotopic (exact) mass is 212 g/mol. The zero-order chi connectivity index (χ0) is 10.8. The fourth-order valence-corrected chi connectivity index (χ4v) is 2.53. The quantitative estimate of drug-likeness (QED) is 0.728. The van der Waals surface area contributed by atoms with E-state index in [0.717, 1.165) is 19.3 Å². The van der Waals surface area contributed by atoms with E-state index in [1.807, 2.05) is 0 Å². The van der Waals surface area contributed by atoms with Crippen molar-refractivity contribution in [3.05, 3.63) is 59.7 Å². The van der Waals surface area contributed by atoms with Gasteiger partial charge in [0.25, 0.3) is 0 Å². The Morgan fingerprint density at radius 2 is 2.06 bits per heavy atom. The maximum atomic E-state index is 6.14. The predicted molar refractivity (Wildman–Crippen MR) is 65.3 cm³/mol. The molecule has 0 fully saturated rings. The zero-order valence-corrected chi connectivity index (χ0v) is 9.30. The molecule has 0 amide bonds. The van der Waals surface area contributed by atoms with Crippen LogP contribution in [0.25, 0.3) is 0 Å². The molecular weight excluding hydrogens is 196 g/mol. The van der Waals surface area contributed by atoms with E-state index in [0.29, 0.717) is 6.10 Å². The average molecular weight is 212 g/mol. The van der Waals surface area contributed by atoms with Crippen LogP contribution in [-0.4, -0.2) is 6.10 Å². The second-order valence-corrected chi connectivity index (χ2v) is 4.45. The molecule has 0 heterocycles. The minimum atomic E-state index is 0.265. The first kappa shape index (κ1) is 9.86. The third-order valence-corrected chi connectivity index (χ3v) is 3.36. The molecule has 1 nitrogen and oxygen atoms in total. The van der Waals surface area contributed by atoms with Crippen LogP contribution in [-0.2, 0) is 11.2 Å². The van der Waals surface area contributed by atoms with Crippen molar-refractivity contribution in [3.63, 3.8) is 0 Å². The Kier molecular flexibility index (Phi) is 2.63. The SMILES string of the molecule is C1=CCC(OC2CCc3ccccc32)C=C1.